The summed E-state index contributed by atoms with van der Waals surface area (Å²) in [5.74, 6) is -0.0723. The normalized spacial score (nSPS) is 24.1. The molecule has 2 heterocycles. The number of hydrogen-bond acceptors (Lipinski definition) is 4. The maximum absolute atomic E-state index is 12.7. The lowest BCUT2D eigenvalue weighted by atomic mass is 10.0. The molecule has 6 heteroatoms. The lowest BCUT2D eigenvalue weighted by Crippen LogP contribution is -2.62. The minimum atomic E-state index is -0.449. The molecule has 1 N–H and O–H groups in total. The van der Waals surface area contributed by atoms with Crippen molar-refractivity contribution < 1.29 is 9.59 Å². The van der Waals surface area contributed by atoms with Crippen molar-refractivity contribution in [1.82, 2.24) is 15.2 Å². The third-order valence-electron chi connectivity index (χ3n) is 3.94. The Morgan fingerprint density at radius 3 is 2.71 bits per heavy atom. The van der Waals surface area contributed by atoms with Crippen LogP contribution in [0.25, 0.3) is 0 Å². The SMILES string of the molecule is CCCC1NC(=O)C(C)N(C(C)c2ncc(CC)s2)C1=O. The lowest BCUT2D eigenvalue weighted by molar-refractivity contribution is -0.151. The van der Waals surface area contributed by atoms with Crippen LogP contribution >= 0.6 is 11.3 Å². The van der Waals surface area contributed by atoms with E-state index in [2.05, 4.69) is 17.2 Å². The van der Waals surface area contributed by atoms with Gasteiger partial charge in [-0.15, -0.1) is 11.3 Å². The average Bonchev–Trinajstić information content (AvgIpc) is 2.94. The van der Waals surface area contributed by atoms with E-state index in [-0.39, 0.29) is 17.9 Å². The number of aryl methyl sites for hydroxylation is 1. The number of nitrogens with one attached hydrogen (secondary N) is 1. The van der Waals surface area contributed by atoms with Crippen molar-refractivity contribution in [1.29, 1.82) is 0 Å². The zero-order chi connectivity index (χ0) is 15.6. The smallest absolute Gasteiger partial charge is 0.246 e. The highest BCUT2D eigenvalue weighted by atomic mass is 32.1. The predicted octanol–water partition coefficient (Wildman–Crippen LogP) is 2.28. The van der Waals surface area contributed by atoms with E-state index < -0.39 is 12.1 Å². The topological polar surface area (TPSA) is 62.3 Å². The van der Waals surface area contributed by atoms with E-state index in [0.717, 1.165) is 17.8 Å². The first kappa shape index (κ1) is 15.9. The van der Waals surface area contributed by atoms with Crippen molar-refractivity contribution in [3.8, 4) is 0 Å². The molecule has 2 amide bonds. The molecule has 1 saturated heterocycles. The van der Waals surface area contributed by atoms with Crippen LogP contribution in [0.5, 0.6) is 0 Å². The van der Waals surface area contributed by atoms with E-state index in [0.29, 0.717) is 6.42 Å². The fourth-order valence-corrected chi connectivity index (χ4v) is 3.57. The minimum absolute atomic E-state index is 0.00435. The molecule has 1 aromatic rings. The minimum Gasteiger partial charge on any atom is -0.343 e. The number of thiazole rings is 1. The highest BCUT2D eigenvalue weighted by Gasteiger charge is 2.40. The molecule has 0 saturated carbocycles. The molecular weight excluding hydrogens is 286 g/mol. The summed E-state index contributed by atoms with van der Waals surface area (Å²) < 4.78 is 0. The fourth-order valence-electron chi connectivity index (χ4n) is 2.66. The van der Waals surface area contributed by atoms with Crippen LogP contribution in [0.3, 0.4) is 0 Å². The third kappa shape index (κ3) is 3.10. The van der Waals surface area contributed by atoms with Crippen molar-refractivity contribution in [2.75, 3.05) is 0 Å². The van der Waals surface area contributed by atoms with Gasteiger partial charge in [0.1, 0.15) is 17.1 Å². The first-order valence-electron chi connectivity index (χ1n) is 7.56. The zero-order valence-electron chi connectivity index (χ0n) is 13.0. The fraction of sp³-hybridized carbons (Fsp3) is 0.667. The molecule has 1 aliphatic heterocycles. The Kier molecular flexibility index (Phi) is 4.98. The summed E-state index contributed by atoms with van der Waals surface area (Å²) >= 11 is 1.62. The van der Waals surface area contributed by atoms with Crippen LogP contribution < -0.4 is 5.32 Å². The summed E-state index contributed by atoms with van der Waals surface area (Å²) in [5.41, 5.74) is 0. The van der Waals surface area contributed by atoms with E-state index >= 15 is 0 Å². The maximum atomic E-state index is 12.7. The van der Waals surface area contributed by atoms with Gasteiger partial charge in [-0.25, -0.2) is 4.98 Å². The van der Waals surface area contributed by atoms with E-state index in [4.69, 9.17) is 0 Å². The number of nitrogens with zero attached hydrogens (tertiary/aromatic N) is 2. The van der Waals surface area contributed by atoms with Crippen LogP contribution in [-0.4, -0.2) is 33.8 Å². The molecule has 0 aliphatic carbocycles. The van der Waals surface area contributed by atoms with Gasteiger partial charge in [-0.3, -0.25) is 9.59 Å². The molecule has 3 atom stereocenters. The second-order valence-corrected chi connectivity index (χ2v) is 6.61. The molecule has 3 unspecified atom stereocenters. The highest BCUT2D eigenvalue weighted by Crippen LogP contribution is 2.29. The van der Waals surface area contributed by atoms with Crippen molar-refractivity contribution in [3.63, 3.8) is 0 Å². The van der Waals surface area contributed by atoms with Crippen LogP contribution in [0.2, 0.25) is 0 Å². The zero-order valence-corrected chi connectivity index (χ0v) is 13.9. The van der Waals surface area contributed by atoms with E-state index in [1.54, 1.807) is 23.2 Å². The van der Waals surface area contributed by atoms with Gasteiger partial charge in [0, 0.05) is 11.1 Å². The first-order chi connectivity index (χ1) is 9.99. The van der Waals surface area contributed by atoms with Crippen LogP contribution in [0.15, 0.2) is 6.20 Å². The third-order valence-corrected chi connectivity index (χ3v) is 5.25. The molecule has 1 aliphatic rings. The second kappa shape index (κ2) is 6.56. The molecule has 5 nitrogen and oxygen atoms in total. The summed E-state index contributed by atoms with van der Waals surface area (Å²) in [7, 11) is 0. The Hall–Kier alpha value is -1.43. The molecule has 116 valence electrons. The molecule has 0 aromatic carbocycles. The van der Waals surface area contributed by atoms with Gasteiger partial charge in [0.05, 0.1) is 6.04 Å². The van der Waals surface area contributed by atoms with E-state index in [1.807, 2.05) is 20.0 Å². The monoisotopic (exact) mass is 309 g/mol. The summed E-state index contributed by atoms with van der Waals surface area (Å²) in [6.07, 6.45) is 4.34. The molecule has 2 rings (SSSR count). The molecular formula is C15H23N3O2S. The summed E-state index contributed by atoms with van der Waals surface area (Å²) in [4.78, 5) is 32.1. The first-order valence-corrected chi connectivity index (χ1v) is 8.38. The van der Waals surface area contributed by atoms with Crippen LogP contribution in [0.1, 0.15) is 56.5 Å². The standard InChI is InChI=1S/C15H23N3O2S/c1-5-7-12-15(20)18(9(3)13(19)17-12)10(4)14-16-8-11(6-2)21-14/h8-10,12H,5-7H2,1-4H3,(H,17,19). The van der Waals surface area contributed by atoms with Crippen molar-refractivity contribution >= 4 is 23.2 Å². The van der Waals surface area contributed by atoms with Gasteiger partial charge in [-0.1, -0.05) is 20.3 Å². The Labute approximate surface area is 129 Å². The van der Waals surface area contributed by atoms with Gasteiger partial charge in [-0.05, 0) is 26.7 Å². The summed E-state index contributed by atoms with van der Waals surface area (Å²) in [6.45, 7) is 7.83. The molecule has 1 fully saturated rings. The number of piperazine rings is 1. The largest absolute Gasteiger partial charge is 0.343 e. The van der Waals surface area contributed by atoms with Gasteiger partial charge in [0.25, 0.3) is 0 Å². The van der Waals surface area contributed by atoms with Crippen LogP contribution in [-0.2, 0) is 16.0 Å². The number of carbonyl (C=O) groups is 2. The number of aromatic nitrogens is 1. The van der Waals surface area contributed by atoms with Crippen molar-refractivity contribution in [2.45, 2.75) is 65.1 Å². The van der Waals surface area contributed by atoms with Crippen LogP contribution in [0.4, 0.5) is 0 Å². The lowest BCUT2D eigenvalue weighted by Gasteiger charge is -2.40. The Bertz CT molecular complexity index is 529. The van der Waals surface area contributed by atoms with Gasteiger partial charge < -0.3 is 10.2 Å². The summed E-state index contributed by atoms with van der Waals surface area (Å²) in [6, 6.07) is -1.01. The number of carbonyl (C=O) groups excluding carboxylic acids is 2. The Morgan fingerprint density at radius 1 is 1.43 bits per heavy atom. The van der Waals surface area contributed by atoms with Gasteiger partial charge >= 0.3 is 0 Å². The molecule has 0 bridgehead atoms. The average molecular weight is 309 g/mol. The van der Waals surface area contributed by atoms with Gasteiger partial charge in [0.2, 0.25) is 11.8 Å². The Morgan fingerprint density at radius 2 is 2.14 bits per heavy atom. The molecule has 0 spiro atoms. The Balaban J connectivity index is 2.25. The predicted molar refractivity (Wildman–Crippen MR) is 83.1 cm³/mol. The molecule has 21 heavy (non-hydrogen) atoms. The van der Waals surface area contributed by atoms with Gasteiger partial charge in [-0.2, -0.15) is 0 Å². The van der Waals surface area contributed by atoms with E-state index in [1.165, 1.54) is 4.88 Å². The molecule has 0 radical (unpaired) electrons. The summed E-state index contributed by atoms with van der Waals surface area (Å²) in [5, 5.41) is 3.72. The maximum Gasteiger partial charge on any atom is 0.246 e. The number of hydrogen-bond donors (Lipinski definition) is 1. The highest BCUT2D eigenvalue weighted by molar-refractivity contribution is 7.11. The van der Waals surface area contributed by atoms with Gasteiger partial charge in [0.15, 0.2) is 0 Å². The quantitative estimate of drug-likeness (QED) is 0.907. The van der Waals surface area contributed by atoms with Crippen LogP contribution in [0, 0.1) is 0 Å². The second-order valence-electron chi connectivity index (χ2n) is 5.47. The number of rotatable bonds is 5. The van der Waals surface area contributed by atoms with Crippen molar-refractivity contribution in [3.05, 3.63) is 16.1 Å². The number of amides is 2. The van der Waals surface area contributed by atoms with Crippen molar-refractivity contribution in [2.24, 2.45) is 0 Å². The van der Waals surface area contributed by atoms with E-state index in [9.17, 15) is 9.59 Å². The molecule has 1 aromatic heterocycles.